The molecule has 0 saturated heterocycles. The van der Waals surface area contributed by atoms with Crippen molar-refractivity contribution >= 4 is 6.08 Å². The molecule has 1 saturated carbocycles. The Labute approximate surface area is 84.3 Å². The minimum atomic E-state index is 0.770. The third-order valence-electron chi connectivity index (χ3n) is 2.19. The van der Waals surface area contributed by atoms with Crippen molar-refractivity contribution in [2.45, 2.75) is 25.8 Å². The van der Waals surface area contributed by atoms with Gasteiger partial charge < -0.3 is 5.32 Å². The molecule has 0 unspecified atom stereocenters. The van der Waals surface area contributed by atoms with E-state index in [1.54, 1.807) is 6.20 Å². The summed E-state index contributed by atoms with van der Waals surface area (Å²) in [5.41, 5.74) is 0.982. The van der Waals surface area contributed by atoms with E-state index in [2.05, 4.69) is 21.4 Å². The molecule has 0 aromatic carbocycles. The normalized spacial score (nSPS) is 16.4. The van der Waals surface area contributed by atoms with E-state index in [1.807, 2.05) is 19.1 Å². The molecular formula is C11H15N3. The average molecular weight is 189 g/mol. The highest BCUT2D eigenvalue weighted by Crippen LogP contribution is 2.18. The Bertz CT molecular complexity index is 329. The molecule has 1 aromatic rings. The third kappa shape index (κ3) is 2.92. The maximum absolute atomic E-state index is 4.28. The Morgan fingerprint density at radius 3 is 3.14 bits per heavy atom. The number of nitrogens with one attached hydrogen (secondary N) is 1. The predicted octanol–water partition coefficient (Wildman–Crippen LogP) is 1.55. The lowest BCUT2D eigenvalue weighted by molar-refractivity contribution is 0.754. The lowest BCUT2D eigenvalue weighted by atomic mass is 10.3. The topological polar surface area (TPSA) is 37.8 Å². The summed E-state index contributed by atoms with van der Waals surface area (Å²) in [6.45, 7) is 2.84. The standard InChI is InChI=1S/C11H15N3/c1-9-12-8-6-11(14-9)3-2-7-13-10-4-5-10/h2-3,6,8,10,13H,4-5,7H2,1H3/b3-2+. The van der Waals surface area contributed by atoms with E-state index in [0.29, 0.717) is 0 Å². The lowest BCUT2D eigenvalue weighted by Crippen LogP contribution is -2.15. The van der Waals surface area contributed by atoms with Crippen LogP contribution < -0.4 is 5.32 Å². The molecule has 0 spiro atoms. The first kappa shape index (κ1) is 9.34. The van der Waals surface area contributed by atoms with Crippen molar-refractivity contribution in [1.29, 1.82) is 0 Å². The highest BCUT2D eigenvalue weighted by Gasteiger charge is 2.18. The van der Waals surface area contributed by atoms with E-state index in [1.165, 1.54) is 12.8 Å². The van der Waals surface area contributed by atoms with Gasteiger partial charge in [0.2, 0.25) is 0 Å². The molecule has 3 heteroatoms. The zero-order chi connectivity index (χ0) is 9.80. The van der Waals surface area contributed by atoms with Crippen LogP contribution in [0.4, 0.5) is 0 Å². The lowest BCUT2D eigenvalue weighted by Gasteiger charge is -1.96. The van der Waals surface area contributed by atoms with E-state index in [9.17, 15) is 0 Å². The minimum Gasteiger partial charge on any atom is -0.311 e. The molecule has 2 rings (SSSR count). The molecule has 1 fully saturated rings. The van der Waals surface area contributed by atoms with Gasteiger partial charge in [0.15, 0.2) is 0 Å². The van der Waals surface area contributed by atoms with Gasteiger partial charge in [-0.1, -0.05) is 6.08 Å². The van der Waals surface area contributed by atoms with Crippen LogP contribution in [0, 0.1) is 6.92 Å². The van der Waals surface area contributed by atoms with Crippen LogP contribution in [0.3, 0.4) is 0 Å². The van der Waals surface area contributed by atoms with Crippen LogP contribution in [0.2, 0.25) is 0 Å². The molecule has 1 heterocycles. The van der Waals surface area contributed by atoms with Crippen LogP contribution in [0.25, 0.3) is 6.08 Å². The molecule has 1 aliphatic carbocycles. The maximum atomic E-state index is 4.28. The highest BCUT2D eigenvalue weighted by atomic mass is 14.9. The molecule has 0 radical (unpaired) electrons. The van der Waals surface area contributed by atoms with Crippen LogP contribution in [0.5, 0.6) is 0 Å². The van der Waals surface area contributed by atoms with Crippen LogP contribution in [-0.4, -0.2) is 22.6 Å². The predicted molar refractivity (Wildman–Crippen MR) is 56.8 cm³/mol. The van der Waals surface area contributed by atoms with Crippen molar-refractivity contribution in [3.8, 4) is 0 Å². The van der Waals surface area contributed by atoms with E-state index < -0.39 is 0 Å². The first-order chi connectivity index (χ1) is 6.84. The largest absolute Gasteiger partial charge is 0.311 e. The van der Waals surface area contributed by atoms with Crippen molar-refractivity contribution in [2.75, 3.05) is 6.54 Å². The Hall–Kier alpha value is -1.22. The first-order valence-electron chi connectivity index (χ1n) is 5.04. The van der Waals surface area contributed by atoms with Crippen LogP contribution in [0.1, 0.15) is 24.4 Å². The van der Waals surface area contributed by atoms with Gasteiger partial charge in [0, 0.05) is 18.8 Å². The zero-order valence-corrected chi connectivity index (χ0v) is 8.40. The number of hydrogen-bond acceptors (Lipinski definition) is 3. The van der Waals surface area contributed by atoms with Crippen molar-refractivity contribution < 1.29 is 0 Å². The number of nitrogens with zero attached hydrogens (tertiary/aromatic N) is 2. The second-order valence-corrected chi connectivity index (χ2v) is 3.61. The van der Waals surface area contributed by atoms with Crippen LogP contribution >= 0.6 is 0 Å². The summed E-state index contributed by atoms with van der Waals surface area (Å²) >= 11 is 0. The van der Waals surface area contributed by atoms with Crippen molar-refractivity contribution in [3.05, 3.63) is 29.9 Å². The van der Waals surface area contributed by atoms with Gasteiger partial charge in [-0.3, -0.25) is 0 Å². The molecule has 3 nitrogen and oxygen atoms in total. The van der Waals surface area contributed by atoms with E-state index in [0.717, 1.165) is 24.1 Å². The van der Waals surface area contributed by atoms with E-state index >= 15 is 0 Å². The average Bonchev–Trinajstić information content (AvgIpc) is 2.96. The van der Waals surface area contributed by atoms with Crippen LogP contribution in [0.15, 0.2) is 18.3 Å². The summed E-state index contributed by atoms with van der Waals surface area (Å²) in [7, 11) is 0. The van der Waals surface area contributed by atoms with E-state index in [-0.39, 0.29) is 0 Å². The molecule has 1 aromatic heterocycles. The van der Waals surface area contributed by atoms with Gasteiger partial charge in [-0.05, 0) is 31.9 Å². The molecule has 0 amide bonds. The van der Waals surface area contributed by atoms with Gasteiger partial charge in [-0.2, -0.15) is 0 Å². The van der Waals surface area contributed by atoms with Crippen LogP contribution in [-0.2, 0) is 0 Å². The smallest absolute Gasteiger partial charge is 0.125 e. The van der Waals surface area contributed by atoms with Gasteiger partial charge in [0.05, 0.1) is 5.69 Å². The van der Waals surface area contributed by atoms with Gasteiger partial charge in [-0.15, -0.1) is 0 Å². The zero-order valence-electron chi connectivity index (χ0n) is 8.40. The summed E-state index contributed by atoms with van der Waals surface area (Å²) in [5.74, 6) is 0.822. The fraction of sp³-hybridized carbons (Fsp3) is 0.455. The third-order valence-corrected chi connectivity index (χ3v) is 2.19. The molecule has 0 aliphatic heterocycles. The summed E-state index contributed by atoms with van der Waals surface area (Å²) in [4.78, 5) is 8.33. The van der Waals surface area contributed by atoms with Gasteiger partial charge in [-0.25, -0.2) is 9.97 Å². The number of rotatable bonds is 4. The molecule has 0 atom stereocenters. The maximum Gasteiger partial charge on any atom is 0.125 e. The monoisotopic (exact) mass is 189 g/mol. The Morgan fingerprint density at radius 1 is 1.57 bits per heavy atom. The summed E-state index contributed by atoms with van der Waals surface area (Å²) in [6.07, 6.45) is 8.60. The van der Waals surface area contributed by atoms with Gasteiger partial charge in [0.1, 0.15) is 5.82 Å². The van der Waals surface area contributed by atoms with Crippen molar-refractivity contribution in [3.63, 3.8) is 0 Å². The minimum absolute atomic E-state index is 0.770. The molecule has 1 N–H and O–H groups in total. The fourth-order valence-corrected chi connectivity index (χ4v) is 1.27. The summed E-state index contributed by atoms with van der Waals surface area (Å²) in [5, 5.41) is 3.41. The molecule has 14 heavy (non-hydrogen) atoms. The molecule has 74 valence electrons. The quantitative estimate of drug-likeness (QED) is 0.781. The number of aromatic nitrogens is 2. The summed E-state index contributed by atoms with van der Waals surface area (Å²) < 4.78 is 0. The fourth-order valence-electron chi connectivity index (χ4n) is 1.27. The molecule has 1 aliphatic rings. The number of hydrogen-bond donors (Lipinski definition) is 1. The Kier molecular flexibility index (Phi) is 2.89. The SMILES string of the molecule is Cc1nccc(/C=C/CNC2CC2)n1. The van der Waals surface area contributed by atoms with Gasteiger partial charge in [0.25, 0.3) is 0 Å². The Balaban J connectivity index is 1.82. The van der Waals surface area contributed by atoms with Crippen molar-refractivity contribution in [2.24, 2.45) is 0 Å². The van der Waals surface area contributed by atoms with Gasteiger partial charge >= 0.3 is 0 Å². The summed E-state index contributed by atoms with van der Waals surface area (Å²) in [6, 6.07) is 2.69. The molecular weight excluding hydrogens is 174 g/mol. The highest BCUT2D eigenvalue weighted by molar-refractivity contribution is 5.43. The van der Waals surface area contributed by atoms with E-state index in [4.69, 9.17) is 0 Å². The molecule has 0 bridgehead atoms. The van der Waals surface area contributed by atoms with Crippen molar-refractivity contribution in [1.82, 2.24) is 15.3 Å². The number of aryl methyl sites for hydroxylation is 1. The second-order valence-electron chi connectivity index (χ2n) is 3.61. The Morgan fingerprint density at radius 2 is 2.43 bits per heavy atom. The second kappa shape index (κ2) is 4.33. The first-order valence-corrected chi connectivity index (χ1v) is 5.04.